The zero-order chi connectivity index (χ0) is 16.8. The van der Waals surface area contributed by atoms with Gasteiger partial charge in [0.1, 0.15) is 0 Å². The summed E-state index contributed by atoms with van der Waals surface area (Å²) in [7, 11) is 0. The lowest BCUT2D eigenvalue weighted by molar-refractivity contribution is -0.164. The van der Waals surface area contributed by atoms with Gasteiger partial charge in [0.15, 0.2) is 0 Å². The molecule has 2 fully saturated rings. The third-order valence-corrected chi connectivity index (χ3v) is 5.40. The van der Waals surface area contributed by atoms with Crippen LogP contribution in [0.2, 0.25) is 0 Å². The first-order valence-corrected chi connectivity index (χ1v) is 9.24. The number of likely N-dealkylation sites (tertiary alicyclic amines) is 1. The number of nitrogens with zero attached hydrogens (tertiary/aromatic N) is 1. The summed E-state index contributed by atoms with van der Waals surface area (Å²) in [4.78, 5) is 14.8. The molecule has 0 N–H and O–H groups in total. The van der Waals surface area contributed by atoms with Gasteiger partial charge in [-0.15, -0.1) is 0 Å². The van der Waals surface area contributed by atoms with E-state index in [0.717, 1.165) is 52.0 Å². The van der Waals surface area contributed by atoms with Gasteiger partial charge in [-0.3, -0.25) is 4.79 Å². The quantitative estimate of drug-likeness (QED) is 0.804. The molecule has 2 saturated heterocycles. The van der Waals surface area contributed by atoms with Crippen LogP contribution in [0.5, 0.6) is 0 Å². The van der Waals surface area contributed by atoms with E-state index in [2.05, 4.69) is 12.1 Å². The first kappa shape index (κ1) is 17.4. The molecule has 1 aromatic rings. The number of amides is 1. The van der Waals surface area contributed by atoms with E-state index in [-0.39, 0.29) is 17.4 Å². The largest absolute Gasteiger partial charge is 0.381 e. The Labute approximate surface area is 145 Å². The van der Waals surface area contributed by atoms with E-state index in [1.165, 1.54) is 5.56 Å². The molecule has 0 unspecified atom stereocenters. The molecule has 3 rings (SSSR count). The molecular formula is C20H29NO3. The summed E-state index contributed by atoms with van der Waals surface area (Å²) in [6, 6.07) is 10.2. The van der Waals surface area contributed by atoms with E-state index >= 15 is 0 Å². The number of hydrogen-bond acceptors (Lipinski definition) is 3. The first-order chi connectivity index (χ1) is 11.7. The van der Waals surface area contributed by atoms with Crippen LogP contribution in [0, 0.1) is 5.41 Å². The Bertz CT molecular complexity index is 533. The molecule has 0 spiro atoms. The van der Waals surface area contributed by atoms with E-state index in [1.54, 1.807) is 0 Å². The van der Waals surface area contributed by atoms with Crippen LogP contribution in [0.15, 0.2) is 30.3 Å². The highest BCUT2D eigenvalue weighted by atomic mass is 16.5. The summed E-state index contributed by atoms with van der Waals surface area (Å²) in [6.07, 6.45) is 4.74. The summed E-state index contributed by atoms with van der Waals surface area (Å²) >= 11 is 0. The number of carbonyl (C=O) groups is 1. The van der Waals surface area contributed by atoms with Crippen molar-refractivity contribution in [2.45, 2.75) is 45.1 Å². The number of rotatable bonds is 6. The topological polar surface area (TPSA) is 38.8 Å². The fourth-order valence-electron chi connectivity index (χ4n) is 4.07. The molecular weight excluding hydrogens is 302 g/mol. The monoisotopic (exact) mass is 331 g/mol. The Morgan fingerprint density at radius 3 is 3.00 bits per heavy atom. The van der Waals surface area contributed by atoms with Crippen molar-refractivity contribution in [3.63, 3.8) is 0 Å². The molecule has 1 amide bonds. The molecule has 2 heterocycles. The predicted molar refractivity (Wildman–Crippen MR) is 93.9 cm³/mol. The molecule has 4 nitrogen and oxygen atoms in total. The van der Waals surface area contributed by atoms with Crippen LogP contribution in [-0.2, 0) is 20.7 Å². The van der Waals surface area contributed by atoms with E-state index in [1.807, 2.05) is 30.0 Å². The van der Waals surface area contributed by atoms with Gasteiger partial charge in [0, 0.05) is 38.1 Å². The lowest BCUT2D eigenvalue weighted by atomic mass is 9.73. The fourth-order valence-corrected chi connectivity index (χ4v) is 4.07. The number of ether oxygens (including phenoxy) is 2. The van der Waals surface area contributed by atoms with Crippen molar-refractivity contribution < 1.29 is 14.3 Å². The lowest BCUT2D eigenvalue weighted by Crippen LogP contribution is -2.58. The molecule has 24 heavy (non-hydrogen) atoms. The van der Waals surface area contributed by atoms with Gasteiger partial charge in [0.2, 0.25) is 5.91 Å². The van der Waals surface area contributed by atoms with Crippen molar-refractivity contribution in [2.24, 2.45) is 5.41 Å². The highest BCUT2D eigenvalue weighted by Gasteiger charge is 2.46. The lowest BCUT2D eigenvalue weighted by Gasteiger charge is -2.50. The number of aryl methyl sites for hydroxylation is 1. The standard InChI is InChI=1S/C20H29NO3/c1-2-23-16-20-12-6-14-24-18(20)11-13-21(15-20)19(22)10-9-17-7-4-3-5-8-17/h3-5,7-8,18H,2,6,9-16H2,1H3/t18-,20-/m1/s1. The summed E-state index contributed by atoms with van der Waals surface area (Å²) in [5.41, 5.74) is 1.22. The van der Waals surface area contributed by atoms with Crippen LogP contribution in [0.4, 0.5) is 0 Å². The van der Waals surface area contributed by atoms with Crippen molar-refractivity contribution >= 4 is 5.91 Å². The molecule has 0 aliphatic carbocycles. The van der Waals surface area contributed by atoms with Gasteiger partial charge < -0.3 is 14.4 Å². The van der Waals surface area contributed by atoms with Crippen molar-refractivity contribution in [3.8, 4) is 0 Å². The summed E-state index contributed by atoms with van der Waals surface area (Å²) < 4.78 is 11.8. The minimum Gasteiger partial charge on any atom is -0.381 e. The zero-order valence-electron chi connectivity index (χ0n) is 14.7. The van der Waals surface area contributed by atoms with Gasteiger partial charge in [-0.1, -0.05) is 30.3 Å². The number of hydrogen-bond donors (Lipinski definition) is 0. The average Bonchev–Trinajstić information content (AvgIpc) is 2.65. The maximum absolute atomic E-state index is 12.7. The van der Waals surface area contributed by atoms with Gasteiger partial charge in [-0.05, 0) is 38.2 Å². The van der Waals surface area contributed by atoms with Gasteiger partial charge >= 0.3 is 0 Å². The molecule has 2 aliphatic rings. The minimum atomic E-state index is -0.00504. The molecule has 0 saturated carbocycles. The maximum atomic E-state index is 12.7. The minimum absolute atomic E-state index is 0.00504. The molecule has 0 aromatic heterocycles. The number of carbonyl (C=O) groups excluding carboxylic acids is 1. The number of piperidine rings is 1. The van der Waals surface area contributed by atoms with Crippen LogP contribution < -0.4 is 0 Å². The van der Waals surface area contributed by atoms with Crippen molar-refractivity contribution in [1.29, 1.82) is 0 Å². The molecule has 1 aromatic carbocycles. The van der Waals surface area contributed by atoms with E-state index in [0.29, 0.717) is 13.0 Å². The SMILES string of the molecule is CCOC[C@]12CCCO[C@@H]1CCN(C(=O)CCc1ccccc1)C2. The highest BCUT2D eigenvalue weighted by Crippen LogP contribution is 2.40. The molecule has 0 bridgehead atoms. The van der Waals surface area contributed by atoms with Crippen molar-refractivity contribution in [1.82, 2.24) is 4.90 Å². The Kier molecular flexibility index (Phi) is 5.90. The van der Waals surface area contributed by atoms with E-state index in [4.69, 9.17) is 9.47 Å². The molecule has 0 radical (unpaired) electrons. The van der Waals surface area contributed by atoms with Crippen molar-refractivity contribution in [2.75, 3.05) is 32.9 Å². The second-order valence-electron chi connectivity index (χ2n) is 7.05. The van der Waals surface area contributed by atoms with Gasteiger partial charge in [-0.2, -0.15) is 0 Å². The van der Waals surface area contributed by atoms with Gasteiger partial charge in [0.05, 0.1) is 12.7 Å². The maximum Gasteiger partial charge on any atom is 0.222 e. The first-order valence-electron chi connectivity index (χ1n) is 9.24. The smallest absolute Gasteiger partial charge is 0.222 e. The van der Waals surface area contributed by atoms with Gasteiger partial charge in [0.25, 0.3) is 0 Å². The summed E-state index contributed by atoms with van der Waals surface area (Å²) in [6.45, 7) is 5.89. The van der Waals surface area contributed by atoms with Gasteiger partial charge in [-0.25, -0.2) is 0 Å². The van der Waals surface area contributed by atoms with Crippen LogP contribution >= 0.6 is 0 Å². The average molecular weight is 331 g/mol. The second-order valence-corrected chi connectivity index (χ2v) is 7.05. The van der Waals surface area contributed by atoms with E-state index < -0.39 is 0 Å². The van der Waals surface area contributed by atoms with Crippen molar-refractivity contribution in [3.05, 3.63) is 35.9 Å². The predicted octanol–water partition coefficient (Wildman–Crippen LogP) is 3.05. The summed E-state index contributed by atoms with van der Waals surface area (Å²) in [5, 5.41) is 0. The second kappa shape index (κ2) is 8.13. The van der Waals surface area contributed by atoms with Crippen LogP contribution in [0.3, 0.4) is 0 Å². The van der Waals surface area contributed by atoms with Crippen LogP contribution in [0.1, 0.15) is 38.2 Å². The van der Waals surface area contributed by atoms with Crippen LogP contribution in [-0.4, -0.2) is 49.8 Å². The Morgan fingerprint density at radius 2 is 2.21 bits per heavy atom. The third kappa shape index (κ3) is 3.98. The third-order valence-electron chi connectivity index (χ3n) is 5.40. The molecule has 4 heteroatoms. The molecule has 132 valence electrons. The summed E-state index contributed by atoms with van der Waals surface area (Å²) in [5.74, 6) is 0.263. The highest BCUT2D eigenvalue weighted by molar-refractivity contribution is 5.76. The number of benzene rings is 1. The molecule has 2 aliphatic heterocycles. The zero-order valence-corrected chi connectivity index (χ0v) is 14.7. The Hall–Kier alpha value is -1.39. The van der Waals surface area contributed by atoms with Crippen LogP contribution in [0.25, 0.3) is 0 Å². The fraction of sp³-hybridized carbons (Fsp3) is 0.650. The Morgan fingerprint density at radius 1 is 1.38 bits per heavy atom. The molecule has 2 atom stereocenters. The number of fused-ring (bicyclic) bond motifs is 1. The Balaban J connectivity index is 1.60. The normalized spacial score (nSPS) is 26.9. The van der Waals surface area contributed by atoms with E-state index in [9.17, 15) is 4.79 Å².